The van der Waals surface area contributed by atoms with Crippen molar-refractivity contribution in [1.82, 2.24) is 0 Å². The van der Waals surface area contributed by atoms with E-state index in [2.05, 4.69) is 0 Å². The molecule has 3 nitrogen and oxygen atoms in total. The summed E-state index contributed by atoms with van der Waals surface area (Å²) in [5.41, 5.74) is -0.479. The molecule has 0 heterocycles. The molecule has 21 heavy (non-hydrogen) atoms. The van der Waals surface area contributed by atoms with Gasteiger partial charge in [-0.1, -0.05) is 13.0 Å². The summed E-state index contributed by atoms with van der Waals surface area (Å²) in [5.74, 6) is -1.20. The lowest BCUT2D eigenvalue weighted by Gasteiger charge is -2.29. The van der Waals surface area contributed by atoms with Gasteiger partial charge >= 0.3 is 12.1 Å². The number of halogens is 3. The molecule has 0 aliphatic heterocycles. The first-order valence-electron chi connectivity index (χ1n) is 6.52. The molecule has 0 aliphatic rings. The minimum Gasteiger partial charge on any atom is -0.478 e. The second-order valence-corrected chi connectivity index (χ2v) is 4.81. The summed E-state index contributed by atoms with van der Waals surface area (Å²) in [6.45, 7) is 3.75. The Hall–Kier alpha value is -1.98. The molecule has 0 saturated heterocycles. The average Bonchev–Trinajstić information content (AvgIpc) is 2.42. The van der Waals surface area contributed by atoms with Crippen LogP contribution in [0.25, 0.3) is 6.08 Å². The first-order chi connectivity index (χ1) is 9.66. The predicted molar refractivity (Wildman–Crippen MR) is 76.3 cm³/mol. The fourth-order valence-electron chi connectivity index (χ4n) is 1.87. The van der Waals surface area contributed by atoms with E-state index in [4.69, 9.17) is 5.11 Å². The zero-order valence-electron chi connectivity index (χ0n) is 12.1. The van der Waals surface area contributed by atoms with Gasteiger partial charge in [-0.2, -0.15) is 13.2 Å². The maximum atomic E-state index is 13.2. The Morgan fingerprint density at radius 2 is 2.05 bits per heavy atom. The molecule has 1 aromatic carbocycles. The van der Waals surface area contributed by atoms with Crippen molar-refractivity contribution < 1.29 is 23.1 Å². The van der Waals surface area contributed by atoms with Crippen LogP contribution in [0.2, 0.25) is 0 Å². The minimum atomic E-state index is -4.50. The number of rotatable bonds is 5. The van der Waals surface area contributed by atoms with Crippen molar-refractivity contribution in [3.05, 3.63) is 35.4 Å². The lowest BCUT2D eigenvalue weighted by atomic mass is 10.1. The van der Waals surface area contributed by atoms with Crippen LogP contribution in [0.15, 0.2) is 24.3 Å². The molecule has 0 radical (unpaired) electrons. The maximum absolute atomic E-state index is 13.2. The Morgan fingerprint density at radius 1 is 1.43 bits per heavy atom. The molecule has 0 bridgehead atoms. The highest BCUT2D eigenvalue weighted by atomic mass is 19.4. The van der Waals surface area contributed by atoms with E-state index in [9.17, 15) is 18.0 Å². The molecular weight excluding hydrogens is 283 g/mol. The number of aliphatic carboxylic acids is 1. The Bertz CT molecular complexity index is 538. The Morgan fingerprint density at radius 3 is 2.52 bits per heavy atom. The number of carboxylic acid groups (broad SMARTS) is 1. The summed E-state index contributed by atoms with van der Waals surface area (Å²) in [6, 6.07) is 3.78. The molecule has 0 amide bonds. The van der Waals surface area contributed by atoms with Gasteiger partial charge in [-0.3, -0.25) is 0 Å². The molecule has 0 aromatic heterocycles. The van der Waals surface area contributed by atoms with Gasteiger partial charge in [-0.05, 0) is 37.1 Å². The molecule has 1 N–H and O–H groups in total. The first-order valence-corrected chi connectivity index (χ1v) is 6.52. The van der Waals surface area contributed by atoms with Crippen molar-refractivity contribution in [3.8, 4) is 0 Å². The summed E-state index contributed by atoms with van der Waals surface area (Å²) in [4.78, 5) is 12.0. The number of hydrogen-bond acceptors (Lipinski definition) is 2. The topological polar surface area (TPSA) is 40.5 Å². The summed E-state index contributed by atoms with van der Waals surface area (Å²) in [5, 5.41) is 8.53. The van der Waals surface area contributed by atoms with Crippen molar-refractivity contribution in [2.45, 2.75) is 32.5 Å². The number of carbonyl (C=O) groups is 1. The Labute approximate surface area is 121 Å². The molecule has 0 aliphatic carbocycles. The van der Waals surface area contributed by atoms with Crippen LogP contribution in [0.3, 0.4) is 0 Å². The lowest BCUT2D eigenvalue weighted by Crippen LogP contribution is -2.30. The quantitative estimate of drug-likeness (QED) is 0.834. The van der Waals surface area contributed by atoms with Gasteiger partial charge in [-0.15, -0.1) is 0 Å². The number of nitrogens with zero attached hydrogens (tertiary/aromatic N) is 1. The van der Waals surface area contributed by atoms with Crippen LogP contribution >= 0.6 is 0 Å². The van der Waals surface area contributed by atoms with Gasteiger partial charge in [0.1, 0.15) is 0 Å². The third-order valence-electron chi connectivity index (χ3n) is 3.38. The zero-order valence-corrected chi connectivity index (χ0v) is 12.1. The zero-order chi connectivity index (χ0) is 16.2. The minimum absolute atomic E-state index is 0.0356. The van der Waals surface area contributed by atoms with Crippen LogP contribution in [-0.4, -0.2) is 24.2 Å². The number of carboxylic acids is 1. The van der Waals surface area contributed by atoms with Crippen LogP contribution < -0.4 is 4.90 Å². The van der Waals surface area contributed by atoms with E-state index in [1.807, 2.05) is 13.8 Å². The van der Waals surface area contributed by atoms with Gasteiger partial charge in [0, 0.05) is 24.9 Å². The second kappa shape index (κ2) is 6.65. The van der Waals surface area contributed by atoms with Crippen molar-refractivity contribution in [3.63, 3.8) is 0 Å². The third kappa shape index (κ3) is 4.51. The summed E-state index contributed by atoms with van der Waals surface area (Å²) in [6.07, 6.45) is -1.82. The largest absolute Gasteiger partial charge is 0.478 e. The average molecular weight is 301 g/mol. The van der Waals surface area contributed by atoms with Gasteiger partial charge in [0.05, 0.1) is 5.56 Å². The highest BCUT2D eigenvalue weighted by Crippen LogP contribution is 2.37. The molecule has 1 rings (SSSR count). The van der Waals surface area contributed by atoms with E-state index >= 15 is 0 Å². The number of anilines is 1. The van der Waals surface area contributed by atoms with Gasteiger partial charge in [0.25, 0.3) is 0 Å². The van der Waals surface area contributed by atoms with Crippen LogP contribution in [0.1, 0.15) is 31.4 Å². The fraction of sp³-hybridized carbons (Fsp3) is 0.400. The van der Waals surface area contributed by atoms with E-state index in [1.165, 1.54) is 12.1 Å². The maximum Gasteiger partial charge on any atom is 0.418 e. The van der Waals surface area contributed by atoms with Crippen molar-refractivity contribution in [2.75, 3.05) is 11.9 Å². The lowest BCUT2D eigenvalue weighted by molar-refractivity contribution is -0.137. The van der Waals surface area contributed by atoms with E-state index in [1.54, 1.807) is 11.9 Å². The molecule has 1 aromatic rings. The van der Waals surface area contributed by atoms with Gasteiger partial charge < -0.3 is 10.0 Å². The molecule has 6 heteroatoms. The van der Waals surface area contributed by atoms with Gasteiger partial charge in [0.2, 0.25) is 0 Å². The predicted octanol–water partition coefficient (Wildman–Crippen LogP) is 4.04. The molecule has 1 unspecified atom stereocenters. The van der Waals surface area contributed by atoms with E-state index in [-0.39, 0.29) is 17.3 Å². The van der Waals surface area contributed by atoms with Crippen LogP contribution in [0, 0.1) is 0 Å². The number of alkyl halides is 3. The van der Waals surface area contributed by atoms with Gasteiger partial charge in [-0.25, -0.2) is 4.79 Å². The monoisotopic (exact) mass is 301 g/mol. The SMILES string of the molecule is CCC(C)N(C)c1ccc(/C=C/C(=O)O)cc1C(F)(F)F. The van der Waals surface area contributed by atoms with Gasteiger partial charge in [0.15, 0.2) is 0 Å². The summed E-state index contributed by atoms with van der Waals surface area (Å²) < 4.78 is 39.6. The molecule has 0 fully saturated rings. The highest BCUT2D eigenvalue weighted by Gasteiger charge is 2.35. The second-order valence-electron chi connectivity index (χ2n) is 4.81. The summed E-state index contributed by atoms with van der Waals surface area (Å²) >= 11 is 0. The van der Waals surface area contributed by atoms with E-state index in [0.29, 0.717) is 6.42 Å². The Balaban J connectivity index is 3.30. The van der Waals surface area contributed by atoms with E-state index < -0.39 is 17.7 Å². The molecular formula is C15H18F3NO2. The highest BCUT2D eigenvalue weighted by molar-refractivity contribution is 5.85. The van der Waals surface area contributed by atoms with Crippen LogP contribution in [-0.2, 0) is 11.0 Å². The van der Waals surface area contributed by atoms with Crippen LogP contribution in [0.5, 0.6) is 0 Å². The fourth-order valence-corrected chi connectivity index (χ4v) is 1.87. The van der Waals surface area contributed by atoms with Crippen molar-refractivity contribution >= 4 is 17.7 Å². The third-order valence-corrected chi connectivity index (χ3v) is 3.38. The first kappa shape index (κ1) is 17.1. The normalized spacial score (nSPS) is 13.4. The standard InChI is InChI=1S/C15H18F3NO2/c1-4-10(2)19(3)13-7-5-11(6-8-14(20)21)9-12(13)15(16,17)18/h5-10H,4H2,1-3H3,(H,20,21)/b8-6+. The summed E-state index contributed by atoms with van der Waals surface area (Å²) in [7, 11) is 1.62. The number of hydrogen-bond donors (Lipinski definition) is 1. The van der Waals surface area contributed by atoms with Crippen LogP contribution in [0.4, 0.5) is 18.9 Å². The molecule has 0 saturated carbocycles. The van der Waals surface area contributed by atoms with Crippen molar-refractivity contribution in [2.24, 2.45) is 0 Å². The molecule has 116 valence electrons. The Kier molecular flexibility index (Phi) is 5.41. The van der Waals surface area contributed by atoms with E-state index in [0.717, 1.165) is 18.2 Å². The molecule has 0 spiro atoms. The number of benzene rings is 1. The molecule has 1 atom stereocenters. The smallest absolute Gasteiger partial charge is 0.418 e. The van der Waals surface area contributed by atoms with Crippen molar-refractivity contribution in [1.29, 1.82) is 0 Å².